The van der Waals surface area contributed by atoms with Crippen molar-refractivity contribution in [2.24, 2.45) is 0 Å². The van der Waals surface area contributed by atoms with Crippen LogP contribution in [0, 0.1) is 0 Å². The minimum Gasteiger partial charge on any atom is -0.439 e. The Labute approximate surface area is 156 Å². The van der Waals surface area contributed by atoms with E-state index in [0.29, 0.717) is 29.1 Å². The number of ether oxygens (including phenoxy) is 1. The maximum Gasteiger partial charge on any atom is 0.319 e. The van der Waals surface area contributed by atoms with Crippen LogP contribution in [0.4, 0.5) is 16.3 Å². The Morgan fingerprint density at radius 1 is 1.07 bits per heavy atom. The highest BCUT2D eigenvalue weighted by atomic mass is 16.5. The van der Waals surface area contributed by atoms with E-state index in [-0.39, 0.29) is 12.1 Å². The molecule has 4 rings (SSSR count). The topological polar surface area (TPSA) is 102 Å². The van der Waals surface area contributed by atoms with Gasteiger partial charge in [0.05, 0.1) is 0 Å². The number of nitrogens with one attached hydrogen (secondary N) is 2. The Morgan fingerprint density at radius 2 is 1.85 bits per heavy atom. The van der Waals surface area contributed by atoms with Crippen LogP contribution in [-0.4, -0.2) is 22.0 Å². The molecule has 2 unspecified atom stereocenters. The van der Waals surface area contributed by atoms with Gasteiger partial charge in [-0.2, -0.15) is 0 Å². The largest absolute Gasteiger partial charge is 0.439 e. The van der Waals surface area contributed by atoms with Crippen molar-refractivity contribution in [3.8, 4) is 11.6 Å². The van der Waals surface area contributed by atoms with Crippen LogP contribution in [0.5, 0.6) is 11.6 Å². The van der Waals surface area contributed by atoms with Gasteiger partial charge >= 0.3 is 6.03 Å². The number of carbonyl (C=O) groups is 1. The summed E-state index contributed by atoms with van der Waals surface area (Å²) in [5, 5.41) is 5.83. The number of urea groups is 1. The first-order chi connectivity index (χ1) is 13.2. The molecule has 0 aliphatic heterocycles. The van der Waals surface area contributed by atoms with Gasteiger partial charge in [0.25, 0.3) is 0 Å². The zero-order valence-electron chi connectivity index (χ0n) is 14.5. The van der Waals surface area contributed by atoms with Gasteiger partial charge in [0.15, 0.2) is 0 Å². The van der Waals surface area contributed by atoms with Crippen molar-refractivity contribution < 1.29 is 9.53 Å². The maximum absolute atomic E-state index is 12.2. The van der Waals surface area contributed by atoms with E-state index in [4.69, 9.17) is 10.5 Å². The van der Waals surface area contributed by atoms with Crippen molar-refractivity contribution in [3.63, 3.8) is 0 Å². The van der Waals surface area contributed by atoms with Crippen LogP contribution in [0.2, 0.25) is 0 Å². The fourth-order valence-corrected chi connectivity index (χ4v) is 2.90. The van der Waals surface area contributed by atoms with E-state index in [1.165, 1.54) is 11.9 Å². The Kier molecular flexibility index (Phi) is 4.57. The molecule has 7 heteroatoms. The predicted molar refractivity (Wildman–Crippen MR) is 103 cm³/mol. The van der Waals surface area contributed by atoms with Crippen molar-refractivity contribution in [1.29, 1.82) is 0 Å². The number of hydrogen-bond acceptors (Lipinski definition) is 5. The molecule has 1 aromatic heterocycles. The Balaban J connectivity index is 1.29. The number of aromatic nitrogens is 2. The van der Waals surface area contributed by atoms with E-state index >= 15 is 0 Å². The standard InChI is InChI=1S/C20H19N5O2/c21-18-11-19(23-12-22-18)27-15-8-6-14(7-9-15)24-20(26)25-17-10-16(17)13-4-2-1-3-5-13/h1-9,11-12,16-17H,10H2,(H2,21,22,23)(H2,24,25,26). The average Bonchev–Trinajstić information content (AvgIpc) is 3.43. The van der Waals surface area contributed by atoms with Crippen LogP contribution in [-0.2, 0) is 0 Å². The number of anilines is 2. The lowest BCUT2D eigenvalue weighted by Gasteiger charge is -2.09. The van der Waals surface area contributed by atoms with Gasteiger partial charge in [0.1, 0.15) is 17.9 Å². The lowest BCUT2D eigenvalue weighted by atomic mass is 10.1. The number of nitrogens with two attached hydrogens (primary N) is 1. The fraction of sp³-hybridized carbons (Fsp3) is 0.150. The van der Waals surface area contributed by atoms with Crippen molar-refractivity contribution in [2.45, 2.75) is 18.4 Å². The highest BCUT2D eigenvalue weighted by Gasteiger charge is 2.39. The quantitative estimate of drug-likeness (QED) is 0.645. The zero-order valence-corrected chi connectivity index (χ0v) is 14.5. The van der Waals surface area contributed by atoms with Crippen LogP contribution < -0.4 is 21.1 Å². The highest BCUT2D eigenvalue weighted by Crippen LogP contribution is 2.40. The van der Waals surface area contributed by atoms with Gasteiger partial charge in [0, 0.05) is 23.7 Å². The van der Waals surface area contributed by atoms with Gasteiger partial charge in [-0.3, -0.25) is 0 Å². The summed E-state index contributed by atoms with van der Waals surface area (Å²) in [5.74, 6) is 1.68. The van der Waals surface area contributed by atoms with Crippen LogP contribution in [0.3, 0.4) is 0 Å². The summed E-state index contributed by atoms with van der Waals surface area (Å²) in [7, 11) is 0. The molecule has 1 aliphatic carbocycles. The first-order valence-corrected chi connectivity index (χ1v) is 8.65. The van der Waals surface area contributed by atoms with Gasteiger partial charge in [-0.05, 0) is 36.2 Å². The summed E-state index contributed by atoms with van der Waals surface area (Å²) in [6.07, 6.45) is 2.30. The molecule has 4 N–H and O–H groups in total. The smallest absolute Gasteiger partial charge is 0.319 e. The summed E-state index contributed by atoms with van der Waals surface area (Å²) in [6.45, 7) is 0. The molecule has 2 aromatic carbocycles. The van der Waals surface area contributed by atoms with Gasteiger partial charge in [-0.15, -0.1) is 0 Å². The second kappa shape index (κ2) is 7.33. The first-order valence-electron chi connectivity index (χ1n) is 8.65. The molecular weight excluding hydrogens is 342 g/mol. The Morgan fingerprint density at radius 3 is 2.59 bits per heavy atom. The Bertz CT molecular complexity index is 931. The molecule has 7 nitrogen and oxygen atoms in total. The summed E-state index contributed by atoms with van der Waals surface area (Å²) in [6, 6.07) is 18.7. The van der Waals surface area contributed by atoms with Crippen molar-refractivity contribution in [3.05, 3.63) is 72.6 Å². The number of hydrogen-bond donors (Lipinski definition) is 3. The molecule has 3 aromatic rings. The molecule has 1 fully saturated rings. The average molecular weight is 361 g/mol. The second-order valence-corrected chi connectivity index (χ2v) is 6.37. The lowest BCUT2D eigenvalue weighted by molar-refractivity contribution is 0.251. The van der Waals surface area contributed by atoms with E-state index in [1.54, 1.807) is 30.3 Å². The lowest BCUT2D eigenvalue weighted by Crippen LogP contribution is -2.31. The molecule has 2 amide bonds. The minimum absolute atomic E-state index is 0.179. The summed E-state index contributed by atoms with van der Waals surface area (Å²) in [5.41, 5.74) is 7.54. The number of nitrogen functional groups attached to an aromatic ring is 1. The van der Waals surface area contributed by atoms with Gasteiger partial charge < -0.3 is 21.1 Å². The minimum atomic E-state index is -0.212. The van der Waals surface area contributed by atoms with Crippen molar-refractivity contribution in [1.82, 2.24) is 15.3 Å². The van der Waals surface area contributed by atoms with Crippen LogP contribution in [0.25, 0.3) is 0 Å². The van der Waals surface area contributed by atoms with Gasteiger partial charge in [-0.25, -0.2) is 14.8 Å². The molecule has 2 atom stereocenters. The highest BCUT2D eigenvalue weighted by molar-refractivity contribution is 5.89. The van der Waals surface area contributed by atoms with Crippen LogP contribution in [0.15, 0.2) is 67.0 Å². The molecule has 0 bridgehead atoms. The fourth-order valence-electron chi connectivity index (χ4n) is 2.90. The second-order valence-electron chi connectivity index (χ2n) is 6.37. The molecule has 1 heterocycles. The third kappa shape index (κ3) is 4.33. The molecule has 0 radical (unpaired) electrons. The molecular formula is C20H19N5O2. The molecule has 0 spiro atoms. The molecule has 136 valence electrons. The number of amides is 2. The van der Waals surface area contributed by atoms with Gasteiger partial charge in [0.2, 0.25) is 5.88 Å². The van der Waals surface area contributed by atoms with Crippen molar-refractivity contribution in [2.75, 3.05) is 11.1 Å². The Hall–Kier alpha value is -3.61. The number of rotatable bonds is 5. The molecule has 1 saturated carbocycles. The summed E-state index contributed by atoms with van der Waals surface area (Å²) in [4.78, 5) is 20.0. The number of carbonyl (C=O) groups excluding carboxylic acids is 1. The summed E-state index contributed by atoms with van der Waals surface area (Å²) < 4.78 is 5.60. The van der Waals surface area contributed by atoms with Crippen LogP contribution >= 0.6 is 0 Å². The monoisotopic (exact) mass is 361 g/mol. The van der Waals surface area contributed by atoms with Crippen molar-refractivity contribution >= 4 is 17.5 Å². The third-order valence-electron chi connectivity index (χ3n) is 4.33. The SMILES string of the molecule is Nc1cc(Oc2ccc(NC(=O)NC3CC3c3ccccc3)cc2)ncn1. The maximum atomic E-state index is 12.2. The summed E-state index contributed by atoms with van der Waals surface area (Å²) >= 11 is 0. The molecule has 27 heavy (non-hydrogen) atoms. The molecule has 0 saturated heterocycles. The van der Waals surface area contributed by atoms with E-state index in [9.17, 15) is 4.79 Å². The number of benzene rings is 2. The third-order valence-corrected chi connectivity index (χ3v) is 4.33. The van der Waals surface area contributed by atoms with E-state index in [0.717, 1.165) is 6.42 Å². The van der Waals surface area contributed by atoms with E-state index in [2.05, 4.69) is 32.7 Å². The predicted octanol–water partition coefficient (Wildman–Crippen LogP) is 3.53. The van der Waals surface area contributed by atoms with Crippen LogP contribution in [0.1, 0.15) is 17.9 Å². The molecule has 1 aliphatic rings. The first kappa shape index (κ1) is 16.8. The zero-order chi connectivity index (χ0) is 18.6. The normalized spacial score (nSPS) is 17.8. The van der Waals surface area contributed by atoms with E-state index in [1.807, 2.05) is 18.2 Å². The van der Waals surface area contributed by atoms with E-state index < -0.39 is 0 Å². The number of nitrogens with zero attached hydrogens (tertiary/aromatic N) is 2. The van der Waals surface area contributed by atoms with Gasteiger partial charge in [-0.1, -0.05) is 30.3 Å².